The smallest absolute Gasteiger partial charge is 0.196 e. The van der Waals surface area contributed by atoms with Crippen LogP contribution in [0.15, 0.2) is 62.1 Å². The number of carbonyl (C=O) groups is 1. The van der Waals surface area contributed by atoms with Crippen LogP contribution in [0.2, 0.25) is 0 Å². The molecule has 0 atom stereocenters. The van der Waals surface area contributed by atoms with Crippen LogP contribution in [-0.2, 0) is 0 Å². The Labute approximate surface area is 147 Å². The van der Waals surface area contributed by atoms with E-state index < -0.39 is 11.6 Å². The highest BCUT2D eigenvalue weighted by Crippen LogP contribution is 2.38. The molecule has 1 aromatic heterocycles. The van der Waals surface area contributed by atoms with E-state index in [1.165, 1.54) is 0 Å². The average molecular weight is 451 g/mol. The summed E-state index contributed by atoms with van der Waals surface area (Å²) in [7, 11) is 0. The Kier molecular flexibility index (Phi) is 5.20. The molecule has 2 rings (SSSR count). The van der Waals surface area contributed by atoms with Gasteiger partial charge in [0.05, 0.1) is 5.56 Å². The number of rotatable bonds is 4. The lowest BCUT2D eigenvalue weighted by Crippen LogP contribution is -2.06. The molecule has 0 saturated carbocycles. The summed E-state index contributed by atoms with van der Waals surface area (Å²) >= 11 is 14.2. The quantitative estimate of drug-likeness (QED) is 0.285. The first kappa shape index (κ1) is 16.6. The molecule has 1 heterocycles. The topological polar surface area (TPSA) is 17.1 Å². The Morgan fingerprint density at radius 3 is 2.62 bits per heavy atom. The predicted octanol–water partition coefficient (Wildman–Crippen LogP) is 6.77. The molecule has 0 spiro atoms. The maximum absolute atomic E-state index is 13.0. The molecule has 6 heteroatoms. The second-order valence-electron chi connectivity index (χ2n) is 4.12. The van der Waals surface area contributed by atoms with Crippen molar-refractivity contribution in [1.82, 2.24) is 0 Å². The first-order valence-electron chi connectivity index (χ1n) is 5.63. The van der Waals surface area contributed by atoms with Gasteiger partial charge in [0.15, 0.2) is 5.78 Å². The van der Waals surface area contributed by atoms with Crippen LogP contribution in [-0.4, -0.2) is 5.78 Å². The Morgan fingerprint density at radius 2 is 2.05 bits per heavy atom. The van der Waals surface area contributed by atoms with Crippen molar-refractivity contribution >= 4 is 70.7 Å². The standard InChI is InChI=1S/C15H8Br2ClFOS/c1-7(19)5-10(8(2)18)15(20)13-11(16)6-12-9(14(13)17)3-4-21-12/h3-6H,1-2H2/b10-5+. The van der Waals surface area contributed by atoms with Crippen LogP contribution in [0.5, 0.6) is 0 Å². The molecular formula is C15H8Br2ClFOS. The number of halogens is 4. The van der Waals surface area contributed by atoms with Crippen molar-refractivity contribution in [1.29, 1.82) is 0 Å². The van der Waals surface area contributed by atoms with Crippen LogP contribution < -0.4 is 0 Å². The molecule has 0 amide bonds. The highest BCUT2D eigenvalue weighted by Gasteiger charge is 2.22. The molecule has 0 aliphatic heterocycles. The highest BCUT2D eigenvalue weighted by molar-refractivity contribution is 9.11. The van der Waals surface area contributed by atoms with E-state index in [0.717, 1.165) is 16.2 Å². The molecule has 1 aromatic carbocycles. The number of hydrogen-bond acceptors (Lipinski definition) is 2. The number of hydrogen-bond donors (Lipinski definition) is 0. The predicted molar refractivity (Wildman–Crippen MR) is 94.9 cm³/mol. The molecule has 21 heavy (non-hydrogen) atoms. The normalized spacial score (nSPS) is 11.7. The summed E-state index contributed by atoms with van der Waals surface area (Å²) in [6.45, 7) is 6.63. The van der Waals surface area contributed by atoms with E-state index in [0.29, 0.717) is 14.5 Å². The number of Topliss-reactive ketones (excluding diaryl/α,β-unsaturated/α-hetero) is 1. The number of ketones is 1. The number of thiophene rings is 1. The molecule has 108 valence electrons. The molecule has 0 radical (unpaired) electrons. The van der Waals surface area contributed by atoms with Gasteiger partial charge in [-0.15, -0.1) is 11.3 Å². The first-order valence-corrected chi connectivity index (χ1v) is 8.48. The molecule has 0 unspecified atom stereocenters. The Hall–Kier alpha value is -0.750. The first-order chi connectivity index (χ1) is 9.82. The lowest BCUT2D eigenvalue weighted by molar-refractivity contribution is 0.103. The lowest BCUT2D eigenvalue weighted by Gasteiger charge is -2.10. The van der Waals surface area contributed by atoms with Gasteiger partial charge in [0.1, 0.15) is 5.83 Å². The van der Waals surface area contributed by atoms with Crippen LogP contribution >= 0.6 is 54.8 Å². The van der Waals surface area contributed by atoms with E-state index in [-0.39, 0.29) is 10.6 Å². The van der Waals surface area contributed by atoms with Crippen molar-refractivity contribution in [3.05, 3.63) is 67.7 Å². The van der Waals surface area contributed by atoms with Gasteiger partial charge in [-0.05, 0) is 55.4 Å². The van der Waals surface area contributed by atoms with Crippen molar-refractivity contribution in [3.63, 3.8) is 0 Å². The van der Waals surface area contributed by atoms with Crippen molar-refractivity contribution in [3.8, 4) is 0 Å². The molecule has 1 nitrogen and oxygen atoms in total. The summed E-state index contributed by atoms with van der Waals surface area (Å²) in [6.07, 6.45) is 0.981. The SMILES string of the molecule is C=C(F)/C=C(\C(=C)Cl)C(=O)c1c(Br)cc2sccc2c1Br. The molecule has 0 fully saturated rings. The second-order valence-corrected chi connectivity index (χ2v) is 7.17. The summed E-state index contributed by atoms with van der Waals surface area (Å²) in [5.41, 5.74) is 0.343. The zero-order valence-electron chi connectivity index (χ0n) is 10.6. The maximum Gasteiger partial charge on any atom is 0.196 e. The van der Waals surface area contributed by atoms with Crippen LogP contribution in [0.3, 0.4) is 0 Å². The Balaban J connectivity index is 2.67. The summed E-state index contributed by atoms with van der Waals surface area (Å²) in [5, 5.41) is 2.80. The van der Waals surface area contributed by atoms with E-state index in [2.05, 4.69) is 45.0 Å². The zero-order valence-corrected chi connectivity index (χ0v) is 15.3. The number of fused-ring (bicyclic) bond motifs is 1. The van der Waals surface area contributed by atoms with Gasteiger partial charge in [0, 0.05) is 29.6 Å². The third kappa shape index (κ3) is 3.37. The van der Waals surface area contributed by atoms with Crippen LogP contribution in [0.25, 0.3) is 10.1 Å². The van der Waals surface area contributed by atoms with Gasteiger partial charge >= 0.3 is 0 Å². The largest absolute Gasteiger partial charge is 0.288 e. The summed E-state index contributed by atoms with van der Waals surface area (Å²) in [5.74, 6) is -1.19. The van der Waals surface area contributed by atoms with Crippen molar-refractivity contribution in [2.75, 3.05) is 0 Å². The van der Waals surface area contributed by atoms with Crippen molar-refractivity contribution < 1.29 is 9.18 Å². The number of carbonyl (C=O) groups excluding carboxylic acids is 1. The van der Waals surface area contributed by atoms with Gasteiger partial charge in [0.2, 0.25) is 0 Å². The van der Waals surface area contributed by atoms with Gasteiger partial charge in [-0.2, -0.15) is 0 Å². The minimum absolute atomic E-state index is 0.0276. The van der Waals surface area contributed by atoms with E-state index in [1.807, 2.05) is 17.5 Å². The molecule has 0 aliphatic rings. The van der Waals surface area contributed by atoms with E-state index >= 15 is 0 Å². The second kappa shape index (κ2) is 6.57. The van der Waals surface area contributed by atoms with Crippen LogP contribution in [0, 0.1) is 0 Å². The van der Waals surface area contributed by atoms with Crippen molar-refractivity contribution in [2.45, 2.75) is 0 Å². The van der Waals surface area contributed by atoms with E-state index in [9.17, 15) is 9.18 Å². The molecular weight excluding hydrogens is 442 g/mol. The molecule has 0 N–H and O–H groups in total. The highest BCUT2D eigenvalue weighted by atomic mass is 79.9. The third-order valence-corrected chi connectivity index (χ3v) is 5.23. The molecule has 0 aliphatic carbocycles. The fraction of sp³-hybridized carbons (Fsp3) is 0. The minimum atomic E-state index is -0.760. The maximum atomic E-state index is 13.0. The average Bonchev–Trinajstić information content (AvgIpc) is 2.83. The fourth-order valence-electron chi connectivity index (χ4n) is 1.81. The molecule has 0 bridgehead atoms. The van der Waals surface area contributed by atoms with Gasteiger partial charge in [-0.25, -0.2) is 4.39 Å². The summed E-state index contributed by atoms with van der Waals surface area (Å²) in [6, 6.07) is 3.75. The monoisotopic (exact) mass is 448 g/mol. The number of allylic oxidation sites excluding steroid dienone is 4. The van der Waals surface area contributed by atoms with Crippen molar-refractivity contribution in [2.24, 2.45) is 0 Å². The third-order valence-electron chi connectivity index (χ3n) is 2.71. The number of benzene rings is 1. The Bertz CT molecular complexity index is 807. The zero-order chi connectivity index (χ0) is 15.7. The van der Waals surface area contributed by atoms with Gasteiger partial charge in [0.25, 0.3) is 0 Å². The van der Waals surface area contributed by atoms with Gasteiger partial charge in [-0.1, -0.05) is 24.8 Å². The van der Waals surface area contributed by atoms with Gasteiger partial charge < -0.3 is 0 Å². The summed E-state index contributed by atoms with van der Waals surface area (Å²) < 4.78 is 15.3. The minimum Gasteiger partial charge on any atom is -0.288 e. The molecule has 2 aromatic rings. The van der Waals surface area contributed by atoms with Crippen LogP contribution in [0.1, 0.15) is 10.4 Å². The molecule has 0 saturated heterocycles. The summed E-state index contributed by atoms with van der Waals surface area (Å²) in [4.78, 5) is 12.7. The van der Waals surface area contributed by atoms with Crippen LogP contribution in [0.4, 0.5) is 4.39 Å². The van der Waals surface area contributed by atoms with Gasteiger partial charge in [-0.3, -0.25) is 4.79 Å². The van der Waals surface area contributed by atoms with E-state index in [1.54, 1.807) is 11.3 Å². The Morgan fingerprint density at radius 1 is 1.38 bits per heavy atom. The van der Waals surface area contributed by atoms with E-state index in [4.69, 9.17) is 11.6 Å². The lowest BCUT2D eigenvalue weighted by atomic mass is 10.0. The fourth-order valence-corrected chi connectivity index (χ4v) is 4.68.